The largest absolute Gasteiger partial charge is 0.321 e. The Labute approximate surface area is 168 Å². The molecular formula is C19H20N6O3S. The van der Waals surface area contributed by atoms with Gasteiger partial charge in [-0.3, -0.25) is 4.79 Å². The van der Waals surface area contributed by atoms with Gasteiger partial charge in [0.05, 0.1) is 16.8 Å². The maximum atomic E-state index is 12.6. The van der Waals surface area contributed by atoms with Gasteiger partial charge in [0.2, 0.25) is 10.0 Å². The van der Waals surface area contributed by atoms with E-state index in [2.05, 4.69) is 25.1 Å². The highest BCUT2D eigenvalue weighted by Gasteiger charge is 2.23. The van der Waals surface area contributed by atoms with Crippen LogP contribution in [0, 0.1) is 0 Å². The number of hydrogen-bond acceptors (Lipinski definition) is 6. The minimum absolute atomic E-state index is 0.0351. The fourth-order valence-electron chi connectivity index (χ4n) is 3.26. The highest BCUT2D eigenvalue weighted by atomic mass is 32.2. The van der Waals surface area contributed by atoms with Crippen LogP contribution in [0.5, 0.6) is 0 Å². The molecule has 1 amide bonds. The fraction of sp³-hybridized carbons (Fsp3) is 0.263. The summed E-state index contributed by atoms with van der Waals surface area (Å²) in [5.41, 5.74) is 0.732. The van der Waals surface area contributed by atoms with Crippen molar-refractivity contribution in [2.75, 3.05) is 5.32 Å². The molecular weight excluding hydrogens is 392 g/mol. The molecule has 1 saturated carbocycles. The highest BCUT2D eigenvalue weighted by Crippen LogP contribution is 2.21. The summed E-state index contributed by atoms with van der Waals surface area (Å²) in [4.78, 5) is 20.7. The van der Waals surface area contributed by atoms with E-state index in [0.717, 1.165) is 25.7 Å². The summed E-state index contributed by atoms with van der Waals surface area (Å²) in [7, 11) is -3.66. The average molecular weight is 412 g/mol. The first-order chi connectivity index (χ1) is 14.0. The van der Waals surface area contributed by atoms with Crippen LogP contribution < -0.4 is 10.0 Å². The van der Waals surface area contributed by atoms with Crippen LogP contribution in [0.2, 0.25) is 0 Å². The van der Waals surface area contributed by atoms with Crippen molar-refractivity contribution in [1.82, 2.24) is 24.5 Å². The zero-order valence-corrected chi connectivity index (χ0v) is 16.3. The summed E-state index contributed by atoms with van der Waals surface area (Å²) in [6.45, 7) is 0. The van der Waals surface area contributed by atoms with Gasteiger partial charge in [-0.05, 0) is 43.2 Å². The minimum atomic E-state index is -3.66. The Hall–Kier alpha value is -3.11. The van der Waals surface area contributed by atoms with E-state index in [1.807, 2.05) is 0 Å². The van der Waals surface area contributed by atoms with Crippen LogP contribution >= 0.6 is 0 Å². The zero-order chi connectivity index (χ0) is 20.3. The first-order valence-corrected chi connectivity index (χ1v) is 10.7. The molecule has 10 heteroatoms. The number of carbonyl (C=O) groups is 1. The minimum Gasteiger partial charge on any atom is -0.321 e. The summed E-state index contributed by atoms with van der Waals surface area (Å²) in [5, 5.41) is 6.71. The molecule has 0 radical (unpaired) electrons. The lowest BCUT2D eigenvalue weighted by Gasteiger charge is -2.13. The molecule has 9 nitrogen and oxygen atoms in total. The van der Waals surface area contributed by atoms with Crippen LogP contribution in [0.25, 0.3) is 5.82 Å². The molecule has 0 bridgehead atoms. The van der Waals surface area contributed by atoms with Crippen LogP contribution in [0.3, 0.4) is 0 Å². The maximum Gasteiger partial charge on any atom is 0.255 e. The molecule has 0 saturated heterocycles. The number of sulfonamides is 1. The van der Waals surface area contributed by atoms with Crippen molar-refractivity contribution in [1.29, 1.82) is 0 Å². The highest BCUT2D eigenvalue weighted by molar-refractivity contribution is 7.89. The number of nitrogens with zero attached hydrogens (tertiary/aromatic N) is 4. The Morgan fingerprint density at radius 1 is 1.14 bits per heavy atom. The average Bonchev–Trinajstić information content (AvgIpc) is 3.43. The normalized spacial score (nSPS) is 14.8. The van der Waals surface area contributed by atoms with Gasteiger partial charge in [-0.25, -0.2) is 27.8 Å². The quantitative estimate of drug-likeness (QED) is 0.640. The van der Waals surface area contributed by atoms with Gasteiger partial charge in [0, 0.05) is 11.6 Å². The van der Waals surface area contributed by atoms with Gasteiger partial charge in [0.1, 0.15) is 12.7 Å². The lowest BCUT2D eigenvalue weighted by Crippen LogP contribution is -2.32. The SMILES string of the molecule is O=C(Nc1ccc(-n2cncn2)nc1)c1cccc(S(=O)(=O)NC2CCCC2)c1. The van der Waals surface area contributed by atoms with Crippen molar-refractivity contribution in [2.24, 2.45) is 0 Å². The standard InChI is InChI=1S/C19H20N6O3S/c26-19(23-16-8-9-18(21-11-16)25-13-20-12-22-25)14-4-3-7-17(10-14)29(27,28)24-15-5-1-2-6-15/h3-4,7-13,15,24H,1-2,5-6H2,(H,23,26). The summed E-state index contributed by atoms with van der Waals surface area (Å²) in [6, 6.07) is 9.34. The Kier molecular flexibility index (Phi) is 5.36. The predicted octanol–water partition coefficient (Wildman–Crippen LogP) is 2.14. The Morgan fingerprint density at radius 2 is 1.97 bits per heavy atom. The molecule has 1 aliphatic rings. The molecule has 4 rings (SSSR count). The number of carbonyl (C=O) groups excluding carboxylic acids is 1. The van der Waals surface area contributed by atoms with Gasteiger partial charge >= 0.3 is 0 Å². The molecule has 0 unspecified atom stereocenters. The monoisotopic (exact) mass is 412 g/mol. The van der Waals surface area contributed by atoms with E-state index >= 15 is 0 Å². The van der Waals surface area contributed by atoms with Crippen molar-refractivity contribution in [3.63, 3.8) is 0 Å². The maximum absolute atomic E-state index is 12.6. The molecule has 29 heavy (non-hydrogen) atoms. The van der Waals surface area contributed by atoms with Gasteiger partial charge in [-0.1, -0.05) is 18.9 Å². The molecule has 2 N–H and O–H groups in total. The second-order valence-corrected chi connectivity index (χ2v) is 8.54. The molecule has 2 aromatic heterocycles. The van der Waals surface area contributed by atoms with Gasteiger partial charge in [-0.2, -0.15) is 5.10 Å². The van der Waals surface area contributed by atoms with Gasteiger partial charge in [0.15, 0.2) is 5.82 Å². The molecule has 0 aliphatic heterocycles. The van der Waals surface area contributed by atoms with E-state index in [1.165, 1.54) is 35.7 Å². The van der Waals surface area contributed by atoms with Crippen LogP contribution in [-0.4, -0.2) is 40.1 Å². The van der Waals surface area contributed by atoms with Crippen LogP contribution in [0.4, 0.5) is 5.69 Å². The van der Waals surface area contributed by atoms with E-state index in [1.54, 1.807) is 24.3 Å². The van der Waals surface area contributed by atoms with Crippen molar-refractivity contribution in [3.8, 4) is 5.82 Å². The Bertz CT molecular complexity index is 1090. The van der Waals surface area contributed by atoms with E-state index in [-0.39, 0.29) is 16.5 Å². The lowest BCUT2D eigenvalue weighted by atomic mass is 10.2. The van der Waals surface area contributed by atoms with Crippen LogP contribution in [-0.2, 0) is 10.0 Å². The summed E-state index contributed by atoms with van der Waals surface area (Å²) < 4.78 is 29.4. The van der Waals surface area contributed by atoms with Crippen molar-refractivity contribution >= 4 is 21.6 Å². The number of nitrogens with one attached hydrogen (secondary N) is 2. The fourth-order valence-corrected chi connectivity index (χ4v) is 4.61. The number of hydrogen-bond donors (Lipinski definition) is 2. The molecule has 1 fully saturated rings. The predicted molar refractivity (Wildman–Crippen MR) is 106 cm³/mol. The molecule has 1 aliphatic carbocycles. The van der Waals surface area contributed by atoms with Crippen molar-refractivity contribution in [2.45, 2.75) is 36.6 Å². The van der Waals surface area contributed by atoms with Crippen LogP contribution in [0.15, 0.2) is 60.1 Å². The summed E-state index contributed by atoms with van der Waals surface area (Å²) in [5.74, 6) is 0.143. The number of anilines is 1. The van der Waals surface area contributed by atoms with E-state index in [9.17, 15) is 13.2 Å². The smallest absolute Gasteiger partial charge is 0.255 e. The summed E-state index contributed by atoms with van der Waals surface area (Å²) >= 11 is 0. The lowest BCUT2D eigenvalue weighted by molar-refractivity contribution is 0.102. The second kappa shape index (κ2) is 8.10. The molecule has 2 heterocycles. The first kappa shape index (κ1) is 19.2. The van der Waals surface area contributed by atoms with Gasteiger partial charge < -0.3 is 5.32 Å². The molecule has 0 atom stereocenters. The number of rotatable bonds is 6. The van der Waals surface area contributed by atoms with Gasteiger partial charge in [-0.15, -0.1) is 0 Å². The Morgan fingerprint density at radius 3 is 2.66 bits per heavy atom. The van der Waals surface area contributed by atoms with E-state index < -0.39 is 15.9 Å². The third-order valence-electron chi connectivity index (χ3n) is 4.74. The summed E-state index contributed by atoms with van der Waals surface area (Å²) in [6.07, 6.45) is 8.16. The van der Waals surface area contributed by atoms with E-state index in [4.69, 9.17) is 0 Å². The first-order valence-electron chi connectivity index (χ1n) is 9.26. The molecule has 150 valence electrons. The number of pyridine rings is 1. The zero-order valence-electron chi connectivity index (χ0n) is 15.5. The topological polar surface area (TPSA) is 119 Å². The molecule has 0 spiro atoms. The number of benzene rings is 1. The molecule has 3 aromatic rings. The number of aromatic nitrogens is 4. The van der Waals surface area contributed by atoms with Gasteiger partial charge in [0.25, 0.3) is 5.91 Å². The van der Waals surface area contributed by atoms with Crippen molar-refractivity contribution in [3.05, 3.63) is 60.8 Å². The van der Waals surface area contributed by atoms with E-state index in [0.29, 0.717) is 11.5 Å². The third kappa shape index (κ3) is 4.49. The second-order valence-electron chi connectivity index (χ2n) is 6.83. The molecule has 1 aromatic carbocycles. The van der Waals surface area contributed by atoms with Crippen molar-refractivity contribution < 1.29 is 13.2 Å². The van der Waals surface area contributed by atoms with Crippen LogP contribution in [0.1, 0.15) is 36.0 Å². The number of amides is 1. The Balaban J connectivity index is 1.47. The third-order valence-corrected chi connectivity index (χ3v) is 6.26.